The Hall–Kier alpha value is -2.60. The highest BCUT2D eigenvalue weighted by atomic mass is 32.1. The molecule has 0 radical (unpaired) electrons. The van der Waals surface area contributed by atoms with E-state index in [1.807, 2.05) is 24.4 Å². The predicted molar refractivity (Wildman–Crippen MR) is 116 cm³/mol. The lowest BCUT2D eigenvalue weighted by Gasteiger charge is -2.18. The first kappa shape index (κ1) is 19.7. The SMILES string of the molecule is COc1cc(-c2sc(C3CCCCC3)nc2-c2cccnc2)cc(OC)c1OC. The van der Waals surface area contributed by atoms with E-state index in [1.54, 1.807) is 38.9 Å². The molecule has 0 saturated heterocycles. The standard InChI is InChI=1S/C23H26N2O3S/c1-26-18-12-17(13-19(27-2)21(18)28-3)22-20(16-10-7-11-24-14-16)25-23(29-22)15-8-5-4-6-9-15/h7,10-15H,4-6,8-9H2,1-3H3. The van der Waals surface area contributed by atoms with Crippen LogP contribution >= 0.6 is 11.3 Å². The number of ether oxygens (including phenoxy) is 3. The molecule has 152 valence electrons. The Morgan fingerprint density at radius 1 is 0.931 bits per heavy atom. The fourth-order valence-corrected chi connectivity index (χ4v) is 5.21. The average Bonchev–Trinajstić information content (AvgIpc) is 3.24. The molecule has 0 aliphatic heterocycles. The lowest BCUT2D eigenvalue weighted by atomic mass is 9.90. The molecule has 0 spiro atoms. The molecular formula is C23H26N2O3S. The lowest BCUT2D eigenvalue weighted by molar-refractivity contribution is 0.324. The van der Waals surface area contributed by atoms with Crippen LogP contribution < -0.4 is 14.2 Å². The predicted octanol–water partition coefficient (Wildman–Crippen LogP) is 5.95. The van der Waals surface area contributed by atoms with Crippen molar-refractivity contribution in [3.05, 3.63) is 41.7 Å². The van der Waals surface area contributed by atoms with Gasteiger partial charge in [0.2, 0.25) is 5.75 Å². The van der Waals surface area contributed by atoms with E-state index in [4.69, 9.17) is 19.2 Å². The van der Waals surface area contributed by atoms with Gasteiger partial charge in [-0.15, -0.1) is 11.3 Å². The van der Waals surface area contributed by atoms with Crippen LogP contribution in [-0.4, -0.2) is 31.3 Å². The van der Waals surface area contributed by atoms with Gasteiger partial charge in [-0.2, -0.15) is 0 Å². The van der Waals surface area contributed by atoms with Crippen molar-refractivity contribution in [1.82, 2.24) is 9.97 Å². The molecule has 1 aliphatic carbocycles. The minimum atomic E-state index is 0.542. The monoisotopic (exact) mass is 410 g/mol. The molecule has 29 heavy (non-hydrogen) atoms. The van der Waals surface area contributed by atoms with Gasteiger partial charge in [0.05, 0.1) is 36.9 Å². The second kappa shape index (κ2) is 8.82. The van der Waals surface area contributed by atoms with Crippen LogP contribution in [-0.2, 0) is 0 Å². The maximum absolute atomic E-state index is 5.58. The fourth-order valence-electron chi connectivity index (χ4n) is 3.97. The van der Waals surface area contributed by atoms with Crippen LogP contribution in [0, 0.1) is 0 Å². The summed E-state index contributed by atoms with van der Waals surface area (Å²) in [6.07, 6.45) is 10.00. The van der Waals surface area contributed by atoms with Gasteiger partial charge in [0.1, 0.15) is 0 Å². The van der Waals surface area contributed by atoms with Crippen LogP contribution in [0.15, 0.2) is 36.7 Å². The molecule has 0 bridgehead atoms. The Bertz CT molecular complexity index is 941. The molecule has 1 fully saturated rings. The van der Waals surface area contributed by atoms with Crippen molar-refractivity contribution in [2.75, 3.05) is 21.3 Å². The number of thiazole rings is 1. The summed E-state index contributed by atoms with van der Waals surface area (Å²) in [4.78, 5) is 10.5. The third-order valence-corrected chi connectivity index (χ3v) is 6.73. The van der Waals surface area contributed by atoms with Gasteiger partial charge in [0.25, 0.3) is 0 Å². The summed E-state index contributed by atoms with van der Waals surface area (Å²) in [6.45, 7) is 0. The van der Waals surface area contributed by atoms with E-state index in [9.17, 15) is 0 Å². The maximum atomic E-state index is 5.58. The van der Waals surface area contributed by atoms with Crippen molar-refractivity contribution in [1.29, 1.82) is 0 Å². The Balaban J connectivity index is 1.87. The number of hydrogen-bond acceptors (Lipinski definition) is 6. The summed E-state index contributed by atoms with van der Waals surface area (Å²) in [6, 6.07) is 8.01. The Labute approximate surface area is 175 Å². The van der Waals surface area contributed by atoms with E-state index < -0.39 is 0 Å². The van der Waals surface area contributed by atoms with E-state index in [0.717, 1.165) is 21.7 Å². The highest BCUT2D eigenvalue weighted by molar-refractivity contribution is 7.15. The second-order valence-electron chi connectivity index (χ2n) is 7.22. The number of hydrogen-bond donors (Lipinski definition) is 0. The summed E-state index contributed by atoms with van der Waals surface area (Å²) in [5, 5.41) is 1.22. The topological polar surface area (TPSA) is 53.5 Å². The van der Waals surface area contributed by atoms with E-state index in [0.29, 0.717) is 23.2 Å². The van der Waals surface area contributed by atoms with Crippen molar-refractivity contribution in [3.63, 3.8) is 0 Å². The van der Waals surface area contributed by atoms with E-state index in [2.05, 4.69) is 11.1 Å². The van der Waals surface area contributed by atoms with Crippen LogP contribution in [0.1, 0.15) is 43.0 Å². The Morgan fingerprint density at radius 2 is 1.66 bits per heavy atom. The number of rotatable bonds is 6. The number of methoxy groups -OCH3 is 3. The molecule has 6 heteroatoms. The molecule has 2 aromatic heterocycles. The van der Waals surface area contributed by atoms with Gasteiger partial charge in [-0.3, -0.25) is 4.98 Å². The summed E-state index contributed by atoms with van der Waals surface area (Å²) in [5.74, 6) is 2.43. The molecule has 0 unspecified atom stereocenters. The Morgan fingerprint density at radius 3 is 2.24 bits per heavy atom. The quantitative estimate of drug-likeness (QED) is 0.503. The van der Waals surface area contributed by atoms with Crippen LogP contribution in [0.25, 0.3) is 21.7 Å². The van der Waals surface area contributed by atoms with Gasteiger partial charge in [-0.05, 0) is 37.1 Å². The fraction of sp³-hybridized carbons (Fsp3) is 0.391. The van der Waals surface area contributed by atoms with E-state index in [1.165, 1.54) is 37.1 Å². The van der Waals surface area contributed by atoms with Crippen LogP contribution in [0.2, 0.25) is 0 Å². The summed E-state index contributed by atoms with van der Waals surface area (Å²) in [5.41, 5.74) is 3.01. The average molecular weight is 411 g/mol. The number of pyridine rings is 1. The van der Waals surface area contributed by atoms with Crippen molar-refractivity contribution in [2.24, 2.45) is 0 Å². The summed E-state index contributed by atoms with van der Waals surface area (Å²) in [7, 11) is 4.90. The molecule has 5 nitrogen and oxygen atoms in total. The molecule has 2 heterocycles. The minimum Gasteiger partial charge on any atom is -0.493 e. The zero-order valence-electron chi connectivity index (χ0n) is 17.1. The number of aromatic nitrogens is 2. The van der Waals surface area contributed by atoms with Crippen molar-refractivity contribution < 1.29 is 14.2 Å². The normalized spacial score (nSPS) is 14.6. The van der Waals surface area contributed by atoms with E-state index in [-0.39, 0.29) is 0 Å². The van der Waals surface area contributed by atoms with Crippen LogP contribution in [0.3, 0.4) is 0 Å². The van der Waals surface area contributed by atoms with Gasteiger partial charge < -0.3 is 14.2 Å². The summed E-state index contributed by atoms with van der Waals surface area (Å²) < 4.78 is 16.6. The molecule has 1 aliphatic rings. The second-order valence-corrected chi connectivity index (χ2v) is 8.25. The Kier molecular flexibility index (Phi) is 6.00. The lowest BCUT2D eigenvalue weighted by Crippen LogP contribution is -2.03. The first-order valence-electron chi connectivity index (χ1n) is 9.96. The zero-order chi connectivity index (χ0) is 20.2. The summed E-state index contributed by atoms with van der Waals surface area (Å²) >= 11 is 1.77. The maximum Gasteiger partial charge on any atom is 0.203 e. The smallest absolute Gasteiger partial charge is 0.203 e. The van der Waals surface area contributed by atoms with Gasteiger partial charge in [0.15, 0.2) is 11.5 Å². The molecular weight excluding hydrogens is 384 g/mol. The van der Waals surface area contributed by atoms with Gasteiger partial charge >= 0.3 is 0 Å². The molecule has 0 atom stereocenters. The van der Waals surface area contributed by atoms with Crippen LogP contribution in [0.4, 0.5) is 0 Å². The van der Waals surface area contributed by atoms with Crippen molar-refractivity contribution in [3.8, 4) is 38.9 Å². The molecule has 1 aromatic carbocycles. The third kappa shape index (κ3) is 3.94. The zero-order valence-corrected chi connectivity index (χ0v) is 17.9. The van der Waals surface area contributed by atoms with E-state index >= 15 is 0 Å². The molecule has 4 rings (SSSR count). The van der Waals surface area contributed by atoms with Gasteiger partial charge in [0, 0.05) is 29.4 Å². The van der Waals surface area contributed by atoms with Gasteiger partial charge in [-0.1, -0.05) is 19.3 Å². The minimum absolute atomic E-state index is 0.542. The largest absolute Gasteiger partial charge is 0.493 e. The molecule has 3 aromatic rings. The van der Waals surface area contributed by atoms with Crippen molar-refractivity contribution >= 4 is 11.3 Å². The molecule has 0 N–H and O–H groups in total. The molecule has 0 amide bonds. The van der Waals surface area contributed by atoms with Crippen LogP contribution in [0.5, 0.6) is 17.2 Å². The molecule has 1 saturated carbocycles. The number of nitrogens with zero attached hydrogens (tertiary/aromatic N) is 2. The third-order valence-electron chi connectivity index (χ3n) is 5.46. The number of benzene rings is 1. The van der Waals surface area contributed by atoms with Gasteiger partial charge in [-0.25, -0.2) is 4.98 Å². The first-order valence-corrected chi connectivity index (χ1v) is 10.8. The first-order chi connectivity index (χ1) is 14.2. The highest BCUT2D eigenvalue weighted by Gasteiger charge is 2.24. The highest BCUT2D eigenvalue weighted by Crippen LogP contribution is 2.47. The van der Waals surface area contributed by atoms with Crippen molar-refractivity contribution in [2.45, 2.75) is 38.0 Å².